The highest BCUT2D eigenvalue weighted by Crippen LogP contribution is 2.27. The Morgan fingerprint density at radius 1 is 1.09 bits per heavy atom. The van der Waals surface area contributed by atoms with Gasteiger partial charge in [-0.15, -0.1) is 0 Å². The predicted octanol–water partition coefficient (Wildman–Crippen LogP) is 1.72. The third-order valence-electron chi connectivity index (χ3n) is 5.28. The molecule has 0 saturated carbocycles. The maximum Gasteiger partial charge on any atom is 0.220 e. The molecule has 0 spiro atoms. The zero-order valence-electron chi connectivity index (χ0n) is 13.4. The van der Waals surface area contributed by atoms with Gasteiger partial charge in [0.2, 0.25) is 5.91 Å². The van der Waals surface area contributed by atoms with Gasteiger partial charge in [-0.25, -0.2) is 0 Å². The van der Waals surface area contributed by atoms with Crippen LogP contribution in [0.4, 0.5) is 5.69 Å². The van der Waals surface area contributed by atoms with E-state index in [1.165, 1.54) is 0 Å². The fraction of sp³-hybridized carbons (Fsp3) is 0.556. The molecule has 1 aromatic carbocycles. The molecule has 2 aliphatic rings. The molecule has 122 valence electrons. The normalized spacial score (nSPS) is 21.1. The summed E-state index contributed by atoms with van der Waals surface area (Å²) in [6, 6.07) is 10.7. The molecule has 2 N–H and O–H groups in total. The molecule has 5 nitrogen and oxygen atoms in total. The van der Waals surface area contributed by atoms with Gasteiger partial charge in [0, 0.05) is 25.0 Å². The molecule has 2 aliphatic heterocycles. The van der Waals surface area contributed by atoms with Crippen LogP contribution < -0.4 is 10.6 Å². The molecule has 2 saturated heterocycles. The summed E-state index contributed by atoms with van der Waals surface area (Å²) < 4.78 is 0. The molecule has 23 heavy (non-hydrogen) atoms. The molecule has 2 fully saturated rings. The maximum absolute atomic E-state index is 11.3. The van der Waals surface area contributed by atoms with Crippen LogP contribution in [0.15, 0.2) is 24.3 Å². The highest BCUT2D eigenvalue weighted by Gasteiger charge is 2.30. The van der Waals surface area contributed by atoms with E-state index < -0.39 is 0 Å². The van der Waals surface area contributed by atoms with Gasteiger partial charge in [-0.2, -0.15) is 5.26 Å². The summed E-state index contributed by atoms with van der Waals surface area (Å²) in [4.78, 5) is 16.1. The van der Waals surface area contributed by atoms with Crippen molar-refractivity contribution in [3.05, 3.63) is 29.8 Å². The topological polar surface area (TPSA) is 73.4 Å². The summed E-state index contributed by atoms with van der Waals surface area (Å²) >= 11 is 0. The van der Waals surface area contributed by atoms with Gasteiger partial charge in [0.1, 0.15) is 6.07 Å². The number of nitriles is 1. The van der Waals surface area contributed by atoms with Crippen molar-refractivity contribution in [3.63, 3.8) is 0 Å². The summed E-state index contributed by atoms with van der Waals surface area (Å²) in [6.45, 7) is 3.93. The Morgan fingerprint density at radius 2 is 1.74 bits per heavy atom. The number of anilines is 1. The number of piperidine rings is 2. The summed E-state index contributed by atoms with van der Waals surface area (Å²) in [5.41, 5.74) is 7.22. The number of para-hydroxylation sites is 1. The molecule has 0 bridgehead atoms. The van der Waals surface area contributed by atoms with Crippen molar-refractivity contribution in [1.82, 2.24) is 4.90 Å². The van der Waals surface area contributed by atoms with E-state index in [0.717, 1.165) is 63.1 Å². The summed E-state index contributed by atoms with van der Waals surface area (Å²) in [7, 11) is 0. The highest BCUT2D eigenvalue weighted by molar-refractivity contribution is 5.76. The molecule has 3 rings (SSSR count). The van der Waals surface area contributed by atoms with Crippen molar-refractivity contribution >= 4 is 11.6 Å². The smallest absolute Gasteiger partial charge is 0.220 e. The molecule has 2 heterocycles. The monoisotopic (exact) mass is 312 g/mol. The quantitative estimate of drug-likeness (QED) is 0.922. The van der Waals surface area contributed by atoms with E-state index in [1.54, 1.807) is 0 Å². The first-order chi connectivity index (χ1) is 11.2. The Bertz CT molecular complexity index is 593. The van der Waals surface area contributed by atoms with Gasteiger partial charge in [-0.1, -0.05) is 12.1 Å². The minimum absolute atomic E-state index is 0.0637. The van der Waals surface area contributed by atoms with Crippen LogP contribution in [0, 0.1) is 17.2 Å². The van der Waals surface area contributed by atoms with E-state index in [4.69, 9.17) is 5.73 Å². The molecule has 0 unspecified atom stereocenters. The van der Waals surface area contributed by atoms with Crippen LogP contribution in [0.5, 0.6) is 0 Å². The molecule has 0 aliphatic carbocycles. The lowest BCUT2D eigenvalue weighted by molar-refractivity contribution is -0.123. The first kappa shape index (κ1) is 15.8. The maximum atomic E-state index is 11.3. The lowest BCUT2D eigenvalue weighted by Gasteiger charge is -2.42. The number of nitrogens with zero attached hydrogens (tertiary/aromatic N) is 3. The van der Waals surface area contributed by atoms with Crippen LogP contribution in [0.1, 0.15) is 31.2 Å². The van der Waals surface area contributed by atoms with Crippen molar-refractivity contribution in [2.75, 3.05) is 31.1 Å². The minimum Gasteiger partial charge on any atom is -0.370 e. The number of carbonyl (C=O) groups is 1. The zero-order valence-corrected chi connectivity index (χ0v) is 13.4. The van der Waals surface area contributed by atoms with Gasteiger partial charge in [-0.3, -0.25) is 4.79 Å². The largest absolute Gasteiger partial charge is 0.370 e. The van der Waals surface area contributed by atoms with Crippen molar-refractivity contribution in [3.8, 4) is 6.07 Å². The first-order valence-electron chi connectivity index (χ1n) is 8.46. The summed E-state index contributed by atoms with van der Waals surface area (Å²) in [5, 5.41) is 9.25. The van der Waals surface area contributed by atoms with Crippen molar-refractivity contribution in [1.29, 1.82) is 5.26 Å². The summed E-state index contributed by atoms with van der Waals surface area (Å²) in [5.74, 6) is -0.0820. The number of carbonyl (C=O) groups excluding carboxylic acids is 1. The van der Waals surface area contributed by atoms with E-state index in [0.29, 0.717) is 6.04 Å². The number of hydrogen-bond donors (Lipinski definition) is 1. The lowest BCUT2D eigenvalue weighted by Crippen LogP contribution is -2.49. The average Bonchev–Trinajstić information content (AvgIpc) is 2.62. The van der Waals surface area contributed by atoms with Crippen LogP contribution in [0.25, 0.3) is 0 Å². The Balaban J connectivity index is 1.55. The molecular formula is C18H24N4O. The molecule has 5 heteroatoms. The van der Waals surface area contributed by atoms with Crippen LogP contribution in [-0.4, -0.2) is 43.0 Å². The number of primary amides is 1. The number of benzene rings is 1. The van der Waals surface area contributed by atoms with Gasteiger partial charge in [0.05, 0.1) is 11.3 Å². The number of likely N-dealkylation sites (tertiary alicyclic amines) is 1. The fourth-order valence-electron chi connectivity index (χ4n) is 3.86. The van der Waals surface area contributed by atoms with Crippen molar-refractivity contribution in [2.45, 2.75) is 31.7 Å². The Kier molecular flexibility index (Phi) is 4.82. The van der Waals surface area contributed by atoms with Crippen LogP contribution in [0.2, 0.25) is 0 Å². The zero-order chi connectivity index (χ0) is 16.2. The van der Waals surface area contributed by atoms with E-state index in [1.807, 2.05) is 24.3 Å². The van der Waals surface area contributed by atoms with Gasteiger partial charge in [-0.05, 0) is 50.9 Å². The standard InChI is InChI=1S/C18H24N4O/c19-13-15-3-1-2-4-17(15)22-11-7-16(8-12-22)21-9-5-14(6-10-21)18(20)23/h1-4,14,16H,5-12H2,(H2,20,23). The van der Waals surface area contributed by atoms with E-state index in [-0.39, 0.29) is 11.8 Å². The van der Waals surface area contributed by atoms with Crippen molar-refractivity contribution < 1.29 is 4.79 Å². The van der Waals surface area contributed by atoms with Gasteiger partial charge < -0.3 is 15.5 Å². The molecule has 0 atom stereocenters. The molecule has 1 amide bonds. The predicted molar refractivity (Wildman–Crippen MR) is 89.9 cm³/mol. The van der Waals surface area contributed by atoms with Gasteiger partial charge in [0.15, 0.2) is 0 Å². The molecule has 0 aromatic heterocycles. The van der Waals surface area contributed by atoms with E-state index in [9.17, 15) is 10.1 Å². The second-order valence-corrected chi connectivity index (χ2v) is 6.56. The number of nitrogens with two attached hydrogens (primary N) is 1. The van der Waals surface area contributed by atoms with Crippen LogP contribution in [0.3, 0.4) is 0 Å². The third-order valence-corrected chi connectivity index (χ3v) is 5.28. The average molecular weight is 312 g/mol. The Morgan fingerprint density at radius 3 is 2.35 bits per heavy atom. The number of hydrogen-bond acceptors (Lipinski definition) is 4. The Labute approximate surface area is 137 Å². The third kappa shape index (κ3) is 3.48. The molecule has 1 aromatic rings. The molecular weight excluding hydrogens is 288 g/mol. The minimum atomic E-state index is -0.146. The SMILES string of the molecule is N#Cc1ccccc1N1CCC(N2CCC(C(N)=O)CC2)CC1. The number of amides is 1. The molecule has 0 radical (unpaired) electrons. The van der Waals surface area contributed by atoms with Crippen LogP contribution in [-0.2, 0) is 4.79 Å². The van der Waals surface area contributed by atoms with Gasteiger partial charge >= 0.3 is 0 Å². The second kappa shape index (κ2) is 7.01. The highest BCUT2D eigenvalue weighted by atomic mass is 16.1. The lowest BCUT2D eigenvalue weighted by atomic mass is 9.93. The van der Waals surface area contributed by atoms with Crippen molar-refractivity contribution in [2.24, 2.45) is 11.7 Å². The summed E-state index contributed by atoms with van der Waals surface area (Å²) in [6.07, 6.45) is 4.02. The van der Waals surface area contributed by atoms with Crippen LogP contribution >= 0.6 is 0 Å². The van der Waals surface area contributed by atoms with E-state index in [2.05, 4.69) is 15.9 Å². The van der Waals surface area contributed by atoms with E-state index >= 15 is 0 Å². The number of rotatable bonds is 3. The Hall–Kier alpha value is -2.06. The first-order valence-corrected chi connectivity index (χ1v) is 8.46. The second-order valence-electron chi connectivity index (χ2n) is 6.56. The van der Waals surface area contributed by atoms with Gasteiger partial charge in [0.25, 0.3) is 0 Å². The fourth-order valence-corrected chi connectivity index (χ4v) is 3.86.